The van der Waals surface area contributed by atoms with Crippen LogP contribution in [-0.2, 0) is 14.8 Å². The Balaban J connectivity index is 2.19. The molecule has 1 N–H and O–H groups in total. The molecule has 2 aromatic rings. The van der Waals surface area contributed by atoms with Crippen LogP contribution in [0.15, 0.2) is 36.9 Å². The van der Waals surface area contributed by atoms with Crippen molar-refractivity contribution in [2.24, 2.45) is 0 Å². The quantitative estimate of drug-likeness (QED) is 0.670. The predicted molar refractivity (Wildman–Crippen MR) is 89.9 cm³/mol. The summed E-state index contributed by atoms with van der Waals surface area (Å²) in [7, 11) is -2.80. The average Bonchev–Trinajstić information content (AvgIpc) is 2.86. The van der Waals surface area contributed by atoms with Gasteiger partial charge in [-0.15, -0.1) is 11.3 Å². The smallest absolute Gasteiger partial charge is 0.356 e. The van der Waals surface area contributed by atoms with Crippen molar-refractivity contribution < 1.29 is 22.7 Å². The van der Waals surface area contributed by atoms with E-state index in [1.54, 1.807) is 0 Å². The molecule has 11 heteroatoms. The van der Waals surface area contributed by atoms with Gasteiger partial charge in [0.1, 0.15) is 9.90 Å². The van der Waals surface area contributed by atoms with Crippen LogP contribution in [0.25, 0.3) is 0 Å². The van der Waals surface area contributed by atoms with Crippen LogP contribution in [-0.4, -0.2) is 32.4 Å². The molecule has 0 spiro atoms. The molecular weight excluding hydrogens is 476 g/mol. The number of pyridine rings is 1. The zero-order valence-corrected chi connectivity index (χ0v) is 16.2. The number of methoxy groups -OCH3 is 1. The number of amides is 1. The number of hydrogen-bond acceptors (Lipinski definition) is 7. The lowest BCUT2D eigenvalue weighted by Gasteiger charge is -2.05. The predicted octanol–water partition coefficient (Wildman–Crippen LogP) is 2.57. The van der Waals surface area contributed by atoms with E-state index in [0.29, 0.717) is 8.26 Å². The second-order valence-corrected chi connectivity index (χ2v) is 9.18. The summed E-state index contributed by atoms with van der Waals surface area (Å²) in [6, 6.07) is 3.93. The molecule has 7 nitrogen and oxygen atoms in total. The zero-order valence-electron chi connectivity index (χ0n) is 11.4. The van der Waals surface area contributed by atoms with E-state index in [9.17, 15) is 18.0 Å². The first-order valence-corrected chi connectivity index (χ1v) is 9.69. The average molecular weight is 484 g/mol. The monoisotopic (exact) mass is 482 g/mol. The van der Waals surface area contributed by atoms with Crippen molar-refractivity contribution in [2.45, 2.75) is 4.21 Å². The Labute approximate surface area is 152 Å². The fourth-order valence-electron chi connectivity index (χ4n) is 1.44. The maximum Gasteiger partial charge on any atom is 0.356 e. The van der Waals surface area contributed by atoms with Gasteiger partial charge in [-0.2, -0.15) is 0 Å². The van der Waals surface area contributed by atoms with Crippen molar-refractivity contribution in [2.75, 3.05) is 7.11 Å². The minimum Gasteiger partial charge on any atom is -0.464 e. The van der Waals surface area contributed by atoms with Gasteiger partial charge in [-0.05, 0) is 50.1 Å². The molecule has 0 radical (unpaired) electrons. The highest BCUT2D eigenvalue weighted by atomic mass is 79.9. The molecule has 2 heterocycles. The largest absolute Gasteiger partial charge is 0.464 e. The number of rotatable bonds is 4. The van der Waals surface area contributed by atoms with E-state index >= 15 is 0 Å². The first-order valence-electron chi connectivity index (χ1n) is 5.81. The van der Waals surface area contributed by atoms with Crippen molar-refractivity contribution in [1.82, 2.24) is 9.71 Å². The molecule has 2 aromatic heterocycles. The first kappa shape index (κ1) is 18.0. The lowest BCUT2D eigenvalue weighted by Crippen LogP contribution is -2.30. The van der Waals surface area contributed by atoms with Gasteiger partial charge in [0.15, 0.2) is 0 Å². The number of aromatic nitrogens is 1. The summed E-state index contributed by atoms with van der Waals surface area (Å²) in [5, 5.41) is 0. The molecule has 0 saturated heterocycles. The number of nitrogens with one attached hydrogen (secondary N) is 1. The summed E-state index contributed by atoms with van der Waals surface area (Å²) in [6.45, 7) is 0. The highest BCUT2D eigenvalue weighted by Gasteiger charge is 2.22. The Bertz CT molecular complexity index is 843. The summed E-state index contributed by atoms with van der Waals surface area (Å²) in [5.74, 6) is -1.51. The van der Waals surface area contributed by atoms with Gasteiger partial charge in [0, 0.05) is 10.7 Å². The highest BCUT2D eigenvalue weighted by Crippen LogP contribution is 2.34. The molecule has 0 unspecified atom stereocenters. The van der Waals surface area contributed by atoms with Gasteiger partial charge in [0.05, 0.1) is 16.5 Å². The molecule has 0 aliphatic heterocycles. The summed E-state index contributed by atoms with van der Waals surface area (Å²) < 4.78 is 31.8. The van der Waals surface area contributed by atoms with Gasteiger partial charge < -0.3 is 4.74 Å². The number of sulfonamides is 1. The van der Waals surface area contributed by atoms with E-state index in [2.05, 4.69) is 41.6 Å². The van der Waals surface area contributed by atoms with Crippen molar-refractivity contribution in [3.05, 3.63) is 43.9 Å². The van der Waals surface area contributed by atoms with Gasteiger partial charge in [-0.1, -0.05) is 0 Å². The van der Waals surface area contributed by atoms with Crippen LogP contribution in [0.5, 0.6) is 0 Å². The van der Waals surface area contributed by atoms with Crippen molar-refractivity contribution in [3.63, 3.8) is 0 Å². The lowest BCUT2D eigenvalue weighted by molar-refractivity contribution is 0.0593. The fourth-order valence-corrected chi connectivity index (χ4v) is 5.24. The maximum absolute atomic E-state index is 12.1. The Morgan fingerprint density at radius 1 is 1.30 bits per heavy atom. The standard InChI is InChI=1S/C12H8Br2N2O5S2/c1-21-12(18)8-3-2-6(5-15-8)11(17)16-23(19,20)9-4-7(13)10(14)22-9/h2-5H,1H3,(H,16,17). The molecule has 2 rings (SSSR count). The van der Waals surface area contributed by atoms with E-state index in [1.807, 2.05) is 4.72 Å². The summed E-state index contributed by atoms with van der Waals surface area (Å²) in [4.78, 5) is 27.0. The lowest BCUT2D eigenvalue weighted by atomic mass is 10.2. The topological polar surface area (TPSA) is 102 Å². The van der Waals surface area contributed by atoms with Gasteiger partial charge in [0.2, 0.25) is 0 Å². The molecule has 0 aromatic carbocycles. The molecule has 23 heavy (non-hydrogen) atoms. The van der Waals surface area contributed by atoms with Crippen molar-refractivity contribution in [1.29, 1.82) is 0 Å². The minimum absolute atomic E-state index is 0.00378. The number of thiophene rings is 1. The third kappa shape index (κ3) is 4.16. The van der Waals surface area contributed by atoms with Crippen molar-refractivity contribution in [3.8, 4) is 0 Å². The number of nitrogens with zero attached hydrogens (tertiary/aromatic N) is 1. The maximum atomic E-state index is 12.1. The second-order valence-electron chi connectivity index (χ2n) is 4.05. The van der Waals surface area contributed by atoms with Crippen LogP contribution in [0.4, 0.5) is 0 Å². The Kier molecular flexibility index (Phi) is 5.55. The van der Waals surface area contributed by atoms with Crippen LogP contribution in [0.2, 0.25) is 0 Å². The van der Waals surface area contributed by atoms with Crippen LogP contribution in [0.1, 0.15) is 20.8 Å². The van der Waals surface area contributed by atoms with Crippen LogP contribution in [0, 0.1) is 0 Å². The fraction of sp³-hybridized carbons (Fsp3) is 0.0833. The van der Waals surface area contributed by atoms with Gasteiger partial charge in [-0.3, -0.25) is 4.79 Å². The number of ether oxygens (including phenoxy) is 1. The van der Waals surface area contributed by atoms with Gasteiger partial charge in [-0.25, -0.2) is 22.9 Å². The Hall–Kier alpha value is -1.30. The Morgan fingerprint density at radius 3 is 2.48 bits per heavy atom. The van der Waals surface area contributed by atoms with E-state index in [0.717, 1.165) is 17.5 Å². The molecule has 122 valence electrons. The first-order chi connectivity index (χ1) is 10.7. The minimum atomic E-state index is -4.00. The third-order valence-corrected chi connectivity index (χ3v) is 7.60. The van der Waals surface area contributed by atoms with Gasteiger partial charge >= 0.3 is 5.97 Å². The SMILES string of the molecule is COC(=O)c1ccc(C(=O)NS(=O)(=O)c2cc(Br)c(Br)s2)cn1. The summed E-state index contributed by atoms with van der Waals surface area (Å²) in [6.07, 6.45) is 1.09. The molecule has 0 fully saturated rings. The number of carbonyl (C=O) groups excluding carboxylic acids is 2. The normalized spacial score (nSPS) is 11.1. The molecular formula is C12H8Br2N2O5S2. The van der Waals surface area contributed by atoms with E-state index in [-0.39, 0.29) is 15.5 Å². The van der Waals surface area contributed by atoms with Crippen LogP contribution in [0.3, 0.4) is 0 Å². The summed E-state index contributed by atoms with van der Waals surface area (Å²) >= 11 is 7.33. The molecule has 0 atom stereocenters. The second kappa shape index (κ2) is 7.07. The third-order valence-electron chi connectivity index (χ3n) is 2.53. The molecule has 1 amide bonds. The molecule has 0 aliphatic carbocycles. The number of carbonyl (C=O) groups is 2. The van der Waals surface area contributed by atoms with Crippen LogP contribution >= 0.6 is 43.2 Å². The number of hydrogen-bond donors (Lipinski definition) is 1. The zero-order chi connectivity index (χ0) is 17.2. The Morgan fingerprint density at radius 2 is 2.00 bits per heavy atom. The van der Waals surface area contributed by atoms with Crippen LogP contribution < -0.4 is 4.72 Å². The molecule has 0 bridgehead atoms. The van der Waals surface area contributed by atoms with Crippen molar-refractivity contribution >= 4 is 65.1 Å². The van der Waals surface area contributed by atoms with E-state index in [4.69, 9.17) is 0 Å². The molecule has 0 saturated carbocycles. The molecule has 0 aliphatic rings. The van der Waals surface area contributed by atoms with E-state index in [1.165, 1.54) is 25.3 Å². The van der Waals surface area contributed by atoms with E-state index < -0.39 is 21.9 Å². The summed E-state index contributed by atoms with van der Waals surface area (Å²) in [5.41, 5.74) is 0.00828. The highest BCUT2D eigenvalue weighted by molar-refractivity contribution is 9.13. The number of esters is 1. The number of halogens is 2. The van der Waals surface area contributed by atoms with Gasteiger partial charge in [0.25, 0.3) is 15.9 Å².